The van der Waals surface area contributed by atoms with Gasteiger partial charge in [-0.15, -0.1) is 0 Å². The quantitative estimate of drug-likeness (QED) is 0.424. The van der Waals surface area contributed by atoms with Crippen LogP contribution in [-0.4, -0.2) is 58.1 Å². The Balaban J connectivity index is 1.49. The Labute approximate surface area is 192 Å². The van der Waals surface area contributed by atoms with Gasteiger partial charge in [-0.05, 0) is 49.2 Å². The van der Waals surface area contributed by atoms with Crippen molar-refractivity contribution in [3.63, 3.8) is 0 Å². The van der Waals surface area contributed by atoms with Gasteiger partial charge in [0.15, 0.2) is 0 Å². The molecule has 10 heteroatoms. The standard InChI is InChI=1S/C23H24N2O7S/c1-30-23(27)20-4-2-3-5-21(20)33(28,29)25-12-10-18(11-13-25)22(26)32-15-14-31-19-8-6-17(16-24)7-9-19/h2-9,18H,10-15H2,1H3. The van der Waals surface area contributed by atoms with Crippen molar-refractivity contribution >= 4 is 22.0 Å². The van der Waals surface area contributed by atoms with E-state index in [0.717, 1.165) is 0 Å². The molecule has 0 N–H and O–H groups in total. The first-order valence-electron chi connectivity index (χ1n) is 10.3. The third kappa shape index (κ3) is 5.88. The number of benzene rings is 2. The van der Waals surface area contributed by atoms with E-state index < -0.39 is 27.9 Å². The topological polar surface area (TPSA) is 123 Å². The second kappa shape index (κ2) is 10.9. The molecule has 1 saturated heterocycles. The predicted octanol–water partition coefficient (Wildman–Crippen LogP) is 2.37. The van der Waals surface area contributed by atoms with E-state index in [1.807, 2.05) is 6.07 Å². The van der Waals surface area contributed by atoms with Crippen LogP contribution >= 0.6 is 0 Å². The van der Waals surface area contributed by atoms with Crippen molar-refractivity contribution in [3.05, 3.63) is 59.7 Å². The molecule has 0 aromatic heterocycles. The fraction of sp³-hybridized carbons (Fsp3) is 0.348. The summed E-state index contributed by atoms with van der Waals surface area (Å²) in [5, 5.41) is 8.79. The number of sulfonamides is 1. The zero-order valence-corrected chi connectivity index (χ0v) is 18.9. The molecule has 0 radical (unpaired) electrons. The smallest absolute Gasteiger partial charge is 0.339 e. The van der Waals surface area contributed by atoms with E-state index in [4.69, 9.17) is 14.7 Å². The molecule has 33 heavy (non-hydrogen) atoms. The summed E-state index contributed by atoms with van der Waals surface area (Å²) in [6.45, 7) is 0.498. The number of esters is 2. The average molecular weight is 473 g/mol. The van der Waals surface area contributed by atoms with Gasteiger partial charge in [0.25, 0.3) is 0 Å². The highest BCUT2D eigenvalue weighted by atomic mass is 32.2. The molecule has 2 aromatic rings. The highest BCUT2D eigenvalue weighted by Gasteiger charge is 2.34. The van der Waals surface area contributed by atoms with Gasteiger partial charge >= 0.3 is 11.9 Å². The second-order valence-electron chi connectivity index (χ2n) is 7.32. The van der Waals surface area contributed by atoms with E-state index in [9.17, 15) is 18.0 Å². The molecule has 0 amide bonds. The molecular formula is C23H24N2O7S. The van der Waals surface area contributed by atoms with Crippen LogP contribution in [0, 0.1) is 17.2 Å². The van der Waals surface area contributed by atoms with E-state index in [2.05, 4.69) is 4.74 Å². The maximum Gasteiger partial charge on any atom is 0.339 e. The number of methoxy groups -OCH3 is 1. The summed E-state index contributed by atoms with van der Waals surface area (Å²) in [5.74, 6) is -0.973. The van der Waals surface area contributed by atoms with Crippen molar-refractivity contribution in [2.75, 3.05) is 33.4 Å². The monoisotopic (exact) mass is 472 g/mol. The van der Waals surface area contributed by atoms with Crippen molar-refractivity contribution in [3.8, 4) is 11.8 Å². The van der Waals surface area contributed by atoms with Gasteiger partial charge in [0.1, 0.15) is 19.0 Å². The predicted molar refractivity (Wildman–Crippen MR) is 117 cm³/mol. The number of hydrogen-bond acceptors (Lipinski definition) is 8. The lowest BCUT2D eigenvalue weighted by molar-refractivity contribution is -0.150. The van der Waals surface area contributed by atoms with Gasteiger partial charge in [-0.25, -0.2) is 13.2 Å². The van der Waals surface area contributed by atoms with Gasteiger partial charge in [0, 0.05) is 13.1 Å². The highest BCUT2D eigenvalue weighted by molar-refractivity contribution is 7.89. The minimum atomic E-state index is -3.91. The molecule has 3 rings (SSSR count). The summed E-state index contributed by atoms with van der Waals surface area (Å²) in [5.41, 5.74) is 0.500. The van der Waals surface area contributed by atoms with E-state index in [1.54, 1.807) is 36.4 Å². The van der Waals surface area contributed by atoms with Crippen LogP contribution in [0.15, 0.2) is 53.4 Å². The third-order valence-electron chi connectivity index (χ3n) is 5.28. The highest BCUT2D eigenvalue weighted by Crippen LogP contribution is 2.27. The number of carbonyl (C=O) groups excluding carboxylic acids is 2. The first-order valence-corrected chi connectivity index (χ1v) is 11.8. The van der Waals surface area contributed by atoms with Crippen LogP contribution in [0.1, 0.15) is 28.8 Å². The zero-order chi connectivity index (χ0) is 23.8. The molecule has 1 aliphatic heterocycles. The van der Waals surface area contributed by atoms with Crippen molar-refractivity contribution in [1.29, 1.82) is 5.26 Å². The van der Waals surface area contributed by atoms with E-state index in [1.165, 1.54) is 23.5 Å². The summed E-state index contributed by atoms with van der Waals surface area (Å²) in [6.07, 6.45) is 0.629. The first-order chi connectivity index (χ1) is 15.9. The summed E-state index contributed by atoms with van der Waals surface area (Å²) < 4.78 is 42.8. The lowest BCUT2D eigenvalue weighted by Gasteiger charge is -2.30. The van der Waals surface area contributed by atoms with Gasteiger partial charge in [0.05, 0.1) is 35.1 Å². The van der Waals surface area contributed by atoms with Gasteiger partial charge in [-0.3, -0.25) is 4.79 Å². The van der Waals surface area contributed by atoms with Crippen LogP contribution in [0.2, 0.25) is 0 Å². The van der Waals surface area contributed by atoms with Crippen molar-refractivity contribution in [1.82, 2.24) is 4.31 Å². The lowest BCUT2D eigenvalue weighted by atomic mass is 9.98. The Hall–Kier alpha value is -3.42. The summed E-state index contributed by atoms with van der Waals surface area (Å²) >= 11 is 0. The third-order valence-corrected chi connectivity index (χ3v) is 7.23. The molecule has 1 aliphatic rings. The molecule has 0 spiro atoms. The Morgan fingerprint density at radius 2 is 1.73 bits per heavy atom. The molecule has 9 nitrogen and oxygen atoms in total. The molecule has 0 bridgehead atoms. The van der Waals surface area contributed by atoms with Crippen LogP contribution in [-0.2, 0) is 24.3 Å². The van der Waals surface area contributed by atoms with Crippen LogP contribution in [0.25, 0.3) is 0 Å². The fourth-order valence-electron chi connectivity index (χ4n) is 3.49. The largest absolute Gasteiger partial charge is 0.490 e. The minimum Gasteiger partial charge on any atom is -0.490 e. The average Bonchev–Trinajstić information content (AvgIpc) is 2.86. The van der Waals surface area contributed by atoms with Crippen molar-refractivity contribution < 1.29 is 32.2 Å². The Bertz CT molecular complexity index is 1130. The molecular weight excluding hydrogens is 448 g/mol. The summed E-state index contributed by atoms with van der Waals surface area (Å²) in [7, 11) is -2.72. The first kappa shape index (κ1) is 24.2. The molecule has 174 valence electrons. The Kier molecular flexibility index (Phi) is 8.03. The van der Waals surface area contributed by atoms with Crippen LogP contribution < -0.4 is 4.74 Å². The normalized spacial score (nSPS) is 14.8. The maximum absolute atomic E-state index is 13.1. The zero-order valence-electron chi connectivity index (χ0n) is 18.1. The SMILES string of the molecule is COC(=O)c1ccccc1S(=O)(=O)N1CCC(C(=O)OCCOc2ccc(C#N)cc2)CC1. The Morgan fingerprint density at radius 3 is 2.36 bits per heavy atom. The molecule has 0 aliphatic carbocycles. The number of ether oxygens (including phenoxy) is 3. The molecule has 1 fully saturated rings. The maximum atomic E-state index is 13.1. The van der Waals surface area contributed by atoms with E-state index in [0.29, 0.717) is 24.2 Å². The van der Waals surface area contributed by atoms with Crippen molar-refractivity contribution in [2.24, 2.45) is 5.92 Å². The fourth-order valence-corrected chi connectivity index (χ4v) is 5.14. The number of nitrogens with zero attached hydrogens (tertiary/aromatic N) is 2. The van der Waals surface area contributed by atoms with Crippen molar-refractivity contribution in [2.45, 2.75) is 17.7 Å². The molecule has 0 unspecified atom stereocenters. The summed E-state index contributed by atoms with van der Waals surface area (Å²) in [4.78, 5) is 24.2. The van der Waals surface area contributed by atoms with E-state index >= 15 is 0 Å². The van der Waals surface area contributed by atoms with E-state index in [-0.39, 0.29) is 36.8 Å². The Morgan fingerprint density at radius 1 is 1.06 bits per heavy atom. The molecule has 2 aromatic carbocycles. The van der Waals surface area contributed by atoms with Crippen LogP contribution in [0.4, 0.5) is 0 Å². The van der Waals surface area contributed by atoms with Crippen LogP contribution in [0.3, 0.4) is 0 Å². The number of hydrogen-bond donors (Lipinski definition) is 0. The molecule has 0 atom stereocenters. The molecule has 1 heterocycles. The number of rotatable bonds is 8. The van der Waals surface area contributed by atoms with Crippen LogP contribution in [0.5, 0.6) is 5.75 Å². The van der Waals surface area contributed by atoms with Gasteiger partial charge in [-0.2, -0.15) is 9.57 Å². The van der Waals surface area contributed by atoms with Gasteiger partial charge in [-0.1, -0.05) is 12.1 Å². The lowest BCUT2D eigenvalue weighted by Crippen LogP contribution is -2.41. The minimum absolute atomic E-state index is 0.0243. The van der Waals surface area contributed by atoms with Gasteiger partial charge in [0.2, 0.25) is 10.0 Å². The molecule has 0 saturated carbocycles. The number of nitriles is 1. The number of piperidine rings is 1. The van der Waals surface area contributed by atoms with Gasteiger partial charge < -0.3 is 14.2 Å². The second-order valence-corrected chi connectivity index (χ2v) is 9.22. The number of carbonyl (C=O) groups is 2. The summed E-state index contributed by atoms with van der Waals surface area (Å²) in [6, 6.07) is 14.5.